The van der Waals surface area contributed by atoms with Gasteiger partial charge in [-0.25, -0.2) is 0 Å². The molecular formula is C20H26BNO. The van der Waals surface area contributed by atoms with E-state index in [-0.39, 0.29) is 7.05 Å². The SMILES string of the molecule is Cc1ccc2c(c1)OB(c1c(C(C)C)cccc1C(C)C)N2C. The smallest absolute Gasteiger partial charge is 0.519 e. The van der Waals surface area contributed by atoms with E-state index in [1.807, 2.05) is 0 Å². The third kappa shape index (κ3) is 2.73. The molecule has 1 aliphatic rings. The maximum atomic E-state index is 6.39. The van der Waals surface area contributed by atoms with Gasteiger partial charge in [0.05, 0.1) is 5.69 Å². The van der Waals surface area contributed by atoms with Gasteiger partial charge in [0, 0.05) is 0 Å². The highest BCUT2D eigenvalue weighted by Gasteiger charge is 2.39. The largest absolute Gasteiger partial charge is 0.536 e. The predicted molar refractivity (Wildman–Crippen MR) is 100 cm³/mol. The normalized spacial score (nSPS) is 13.7. The molecule has 0 atom stereocenters. The van der Waals surface area contributed by atoms with Crippen LogP contribution in [0, 0.1) is 6.92 Å². The lowest BCUT2D eigenvalue weighted by molar-refractivity contribution is 0.600. The second-order valence-corrected chi connectivity index (χ2v) is 7.21. The van der Waals surface area contributed by atoms with Gasteiger partial charge in [-0.2, -0.15) is 0 Å². The number of anilines is 1. The molecule has 1 heterocycles. The number of rotatable bonds is 3. The fraction of sp³-hybridized carbons (Fsp3) is 0.400. The molecule has 0 saturated carbocycles. The van der Waals surface area contributed by atoms with E-state index in [0.717, 1.165) is 5.75 Å². The maximum absolute atomic E-state index is 6.39. The molecular weight excluding hydrogens is 281 g/mol. The summed E-state index contributed by atoms with van der Waals surface area (Å²) >= 11 is 0. The molecule has 3 heteroatoms. The van der Waals surface area contributed by atoms with E-state index in [1.165, 1.54) is 27.8 Å². The van der Waals surface area contributed by atoms with Crippen LogP contribution in [0.5, 0.6) is 5.75 Å². The van der Waals surface area contributed by atoms with E-state index in [2.05, 4.69) is 82.9 Å². The zero-order valence-electron chi connectivity index (χ0n) is 15.1. The lowest BCUT2D eigenvalue weighted by Crippen LogP contribution is -2.50. The summed E-state index contributed by atoms with van der Waals surface area (Å²) in [6.07, 6.45) is 0. The standard InChI is InChI=1S/C20H26BNO/c1-13(2)16-8-7-9-17(14(3)4)20(16)21-22(6)18-11-10-15(5)12-19(18)23-21/h7-14H,1-6H3. The Morgan fingerprint density at radius 1 is 0.957 bits per heavy atom. The van der Waals surface area contributed by atoms with Crippen LogP contribution in [0.15, 0.2) is 36.4 Å². The molecule has 3 rings (SSSR count). The summed E-state index contributed by atoms with van der Waals surface area (Å²) in [7, 11) is 2.09. The Bertz CT molecular complexity index is 697. The van der Waals surface area contributed by atoms with Crippen LogP contribution in [0.2, 0.25) is 0 Å². The molecule has 120 valence electrons. The second kappa shape index (κ2) is 5.95. The van der Waals surface area contributed by atoms with E-state index in [9.17, 15) is 0 Å². The van der Waals surface area contributed by atoms with Crippen LogP contribution in [0.1, 0.15) is 56.2 Å². The minimum atomic E-state index is -0.0391. The monoisotopic (exact) mass is 307 g/mol. The number of hydrogen-bond acceptors (Lipinski definition) is 2. The highest BCUT2D eigenvalue weighted by molar-refractivity contribution is 6.74. The molecule has 0 N–H and O–H groups in total. The molecule has 0 fully saturated rings. The van der Waals surface area contributed by atoms with Crippen LogP contribution in [0.4, 0.5) is 5.69 Å². The molecule has 0 spiro atoms. The summed E-state index contributed by atoms with van der Waals surface area (Å²) < 4.78 is 6.39. The Kier molecular flexibility index (Phi) is 4.14. The first-order chi connectivity index (χ1) is 10.9. The summed E-state index contributed by atoms with van der Waals surface area (Å²) in [5, 5.41) is 0. The van der Waals surface area contributed by atoms with Gasteiger partial charge in [-0.3, -0.25) is 0 Å². The Hall–Kier alpha value is -1.90. The first-order valence-corrected chi connectivity index (χ1v) is 8.53. The van der Waals surface area contributed by atoms with Crippen molar-refractivity contribution < 1.29 is 4.65 Å². The van der Waals surface area contributed by atoms with Crippen molar-refractivity contribution in [1.29, 1.82) is 0 Å². The van der Waals surface area contributed by atoms with Gasteiger partial charge in [-0.05, 0) is 60.1 Å². The fourth-order valence-corrected chi connectivity index (χ4v) is 3.48. The molecule has 0 aliphatic carbocycles. The van der Waals surface area contributed by atoms with Gasteiger partial charge in [0.25, 0.3) is 0 Å². The van der Waals surface area contributed by atoms with E-state index in [0.29, 0.717) is 11.8 Å². The van der Waals surface area contributed by atoms with Gasteiger partial charge < -0.3 is 9.47 Å². The van der Waals surface area contributed by atoms with Crippen molar-refractivity contribution in [2.45, 2.75) is 46.5 Å². The third-order valence-electron chi connectivity index (χ3n) is 4.75. The van der Waals surface area contributed by atoms with E-state index < -0.39 is 0 Å². The maximum Gasteiger partial charge on any atom is 0.519 e. The van der Waals surface area contributed by atoms with E-state index in [4.69, 9.17) is 4.65 Å². The number of hydrogen-bond donors (Lipinski definition) is 0. The summed E-state index contributed by atoms with van der Waals surface area (Å²) in [6, 6.07) is 13.1. The fourth-order valence-electron chi connectivity index (χ4n) is 3.48. The van der Waals surface area contributed by atoms with E-state index >= 15 is 0 Å². The number of nitrogens with zero attached hydrogens (tertiary/aromatic N) is 1. The van der Waals surface area contributed by atoms with Crippen LogP contribution < -0.4 is 14.9 Å². The molecule has 0 saturated heterocycles. The molecule has 0 bridgehead atoms. The van der Waals surface area contributed by atoms with Crippen molar-refractivity contribution >= 4 is 18.2 Å². The molecule has 2 aromatic carbocycles. The van der Waals surface area contributed by atoms with Crippen LogP contribution in [-0.4, -0.2) is 14.1 Å². The Labute approximate surface area is 140 Å². The van der Waals surface area contributed by atoms with Crippen LogP contribution >= 0.6 is 0 Å². The summed E-state index contributed by atoms with van der Waals surface area (Å²) in [4.78, 5) is 2.27. The molecule has 0 radical (unpaired) electrons. The Morgan fingerprint density at radius 3 is 2.13 bits per heavy atom. The van der Waals surface area contributed by atoms with Gasteiger partial charge in [0.1, 0.15) is 5.75 Å². The third-order valence-corrected chi connectivity index (χ3v) is 4.75. The van der Waals surface area contributed by atoms with Crippen molar-refractivity contribution in [2.75, 3.05) is 11.9 Å². The lowest BCUT2D eigenvalue weighted by Gasteiger charge is -2.25. The lowest BCUT2D eigenvalue weighted by atomic mass is 9.64. The van der Waals surface area contributed by atoms with E-state index in [1.54, 1.807) is 0 Å². The number of fused-ring (bicyclic) bond motifs is 1. The predicted octanol–water partition coefficient (Wildman–Crippen LogP) is 4.47. The quantitative estimate of drug-likeness (QED) is 0.776. The van der Waals surface area contributed by atoms with Gasteiger partial charge in [0.15, 0.2) is 0 Å². The minimum absolute atomic E-state index is 0.0391. The Balaban J connectivity index is 2.13. The van der Waals surface area contributed by atoms with Gasteiger partial charge in [-0.1, -0.05) is 52.0 Å². The zero-order valence-corrected chi connectivity index (χ0v) is 15.1. The highest BCUT2D eigenvalue weighted by atomic mass is 16.5. The first-order valence-electron chi connectivity index (χ1n) is 8.53. The molecule has 1 aliphatic heterocycles. The highest BCUT2D eigenvalue weighted by Crippen LogP contribution is 2.36. The first kappa shape index (κ1) is 16.0. The molecule has 2 aromatic rings. The summed E-state index contributed by atoms with van der Waals surface area (Å²) in [5.41, 5.74) is 6.52. The summed E-state index contributed by atoms with van der Waals surface area (Å²) in [5.74, 6) is 1.95. The van der Waals surface area contributed by atoms with Crippen molar-refractivity contribution in [2.24, 2.45) is 0 Å². The van der Waals surface area contributed by atoms with Crippen LogP contribution in [-0.2, 0) is 0 Å². The van der Waals surface area contributed by atoms with Gasteiger partial charge in [-0.15, -0.1) is 0 Å². The van der Waals surface area contributed by atoms with Crippen molar-refractivity contribution in [3.63, 3.8) is 0 Å². The summed E-state index contributed by atoms with van der Waals surface area (Å²) in [6.45, 7) is 11.1. The van der Waals surface area contributed by atoms with Gasteiger partial charge in [0.2, 0.25) is 0 Å². The molecule has 0 unspecified atom stereocenters. The van der Waals surface area contributed by atoms with Crippen LogP contribution in [0.25, 0.3) is 0 Å². The van der Waals surface area contributed by atoms with Crippen molar-refractivity contribution in [3.8, 4) is 5.75 Å². The number of benzene rings is 2. The molecule has 2 nitrogen and oxygen atoms in total. The Morgan fingerprint density at radius 2 is 1.57 bits per heavy atom. The molecule has 0 amide bonds. The van der Waals surface area contributed by atoms with Gasteiger partial charge >= 0.3 is 7.05 Å². The molecule has 0 aromatic heterocycles. The van der Waals surface area contributed by atoms with Crippen molar-refractivity contribution in [3.05, 3.63) is 53.1 Å². The van der Waals surface area contributed by atoms with Crippen molar-refractivity contribution in [1.82, 2.24) is 0 Å². The second-order valence-electron chi connectivity index (χ2n) is 7.21. The minimum Gasteiger partial charge on any atom is -0.536 e. The average molecular weight is 307 g/mol. The molecule has 23 heavy (non-hydrogen) atoms. The average Bonchev–Trinajstić information content (AvgIpc) is 2.82. The zero-order chi connectivity index (χ0) is 16.7. The van der Waals surface area contributed by atoms with Crippen LogP contribution in [0.3, 0.4) is 0 Å². The topological polar surface area (TPSA) is 12.5 Å². The number of aryl methyl sites for hydroxylation is 1.